The van der Waals surface area contributed by atoms with Crippen LogP contribution in [0, 0.1) is 0 Å². The third-order valence-corrected chi connectivity index (χ3v) is 3.10. The number of aliphatic imine (C=N–C) groups is 1. The summed E-state index contributed by atoms with van der Waals surface area (Å²) >= 11 is 0. The van der Waals surface area contributed by atoms with E-state index in [1.807, 2.05) is 0 Å². The molecule has 6 heteroatoms. The van der Waals surface area contributed by atoms with E-state index in [-0.39, 0.29) is 12.2 Å². The van der Waals surface area contributed by atoms with E-state index in [0.29, 0.717) is 6.04 Å². The second kappa shape index (κ2) is 4.99. The van der Waals surface area contributed by atoms with Crippen molar-refractivity contribution in [3.8, 4) is 0 Å². The molecule has 1 aliphatic carbocycles. The predicted molar refractivity (Wildman–Crippen MR) is 60.9 cm³/mol. The smallest absolute Gasteiger partial charge is 0.208 e. The van der Waals surface area contributed by atoms with Crippen LogP contribution in [0.2, 0.25) is 0 Å². The zero-order valence-corrected chi connectivity index (χ0v) is 9.85. The van der Waals surface area contributed by atoms with Crippen molar-refractivity contribution < 1.29 is 9.47 Å². The van der Waals surface area contributed by atoms with Gasteiger partial charge in [-0.3, -0.25) is 5.43 Å². The first-order chi connectivity index (χ1) is 7.78. The van der Waals surface area contributed by atoms with Crippen molar-refractivity contribution in [3.05, 3.63) is 0 Å². The van der Waals surface area contributed by atoms with E-state index in [1.165, 1.54) is 12.8 Å². The highest BCUT2D eigenvalue weighted by molar-refractivity contribution is 5.80. The zero-order valence-electron chi connectivity index (χ0n) is 9.85. The molecule has 2 atom stereocenters. The lowest BCUT2D eigenvalue weighted by Gasteiger charge is -2.19. The third-order valence-electron chi connectivity index (χ3n) is 3.10. The van der Waals surface area contributed by atoms with Gasteiger partial charge in [-0.25, -0.2) is 10.8 Å². The van der Waals surface area contributed by atoms with Crippen LogP contribution in [0.4, 0.5) is 0 Å². The Hall–Kier alpha value is -0.850. The molecule has 2 rings (SSSR count). The van der Waals surface area contributed by atoms with E-state index in [1.54, 1.807) is 14.2 Å². The summed E-state index contributed by atoms with van der Waals surface area (Å²) in [5.74, 6) is 6.25. The molecule has 1 aliphatic heterocycles. The summed E-state index contributed by atoms with van der Waals surface area (Å²) in [7, 11) is 3.40. The van der Waals surface area contributed by atoms with E-state index in [9.17, 15) is 0 Å². The number of hydrogen-bond donors (Lipinski definition) is 2. The van der Waals surface area contributed by atoms with Crippen LogP contribution in [0.25, 0.3) is 0 Å². The molecule has 16 heavy (non-hydrogen) atoms. The molecule has 0 bridgehead atoms. The molecule has 2 unspecified atom stereocenters. The number of guanidine groups is 1. The van der Waals surface area contributed by atoms with Crippen LogP contribution in [0.5, 0.6) is 0 Å². The molecule has 92 valence electrons. The van der Waals surface area contributed by atoms with Crippen molar-refractivity contribution in [2.45, 2.75) is 31.1 Å². The van der Waals surface area contributed by atoms with E-state index in [2.05, 4.69) is 15.3 Å². The van der Waals surface area contributed by atoms with Gasteiger partial charge in [0.25, 0.3) is 0 Å². The van der Waals surface area contributed by atoms with E-state index in [4.69, 9.17) is 15.3 Å². The largest absolute Gasteiger partial charge is 0.377 e. The van der Waals surface area contributed by atoms with Crippen molar-refractivity contribution >= 4 is 5.96 Å². The molecule has 0 aromatic rings. The fourth-order valence-electron chi connectivity index (χ4n) is 1.96. The SMILES string of the molecule is COC1CN(C(=NC2CC2)NN)CC1OC. The second-order valence-electron chi connectivity index (χ2n) is 4.28. The Balaban J connectivity index is 1.99. The fourth-order valence-corrected chi connectivity index (χ4v) is 1.96. The average molecular weight is 228 g/mol. The van der Waals surface area contributed by atoms with Gasteiger partial charge in [0.1, 0.15) is 12.2 Å². The number of methoxy groups -OCH3 is 2. The lowest BCUT2D eigenvalue weighted by atomic mass is 10.3. The molecular weight excluding hydrogens is 208 g/mol. The number of ether oxygens (including phenoxy) is 2. The summed E-state index contributed by atoms with van der Waals surface area (Å²) in [6.07, 6.45) is 2.51. The number of nitrogens with zero attached hydrogens (tertiary/aromatic N) is 2. The van der Waals surface area contributed by atoms with Gasteiger partial charge in [0.2, 0.25) is 5.96 Å². The van der Waals surface area contributed by atoms with Crippen LogP contribution in [0.1, 0.15) is 12.8 Å². The summed E-state index contributed by atoms with van der Waals surface area (Å²) < 4.78 is 10.7. The summed E-state index contributed by atoms with van der Waals surface area (Å²) in [6, 6.07) is 0.452. The van der Waals surface area contributed by atoms with Gasteiger partial charge >= 0.3 is 0 Å². The van der Waals surface area contributed by atoms with Gasteiger partial charge in [-0.05, 0) is 12.8 Å². The maximum Gasteiger partial charge on any atom is 0.208 e. The molecule has 1 heterocycles. The van der Waals surface area contributed by atoms with Crippen LogP contribution in [0.15, 0.2) is 4.99 Å². The highest BCUT2D eigenvalue weighted by Crippen LogP contribution is 2.24. The lowest BCUT2D eigenvalue weighted by molar-refractivity contribution is -0.00461. The number of likely N-dealkylation sites (tertiary alicyclic amines) is 1. The predicted octanol–water partition coefficient (Wildman–Crippen LogP) is -0.686. The molecule has 0 spiro atoms. The van der Waals surface area contributed by atoms with Crippen LogP contribution in [0.3, 0.4) is 0 Å². The van der Waals surface area contributed by atoms with Gasteiger partial charge in [-0.2, -0.15) is 0 Å². The van der Waals surface area contributed by atoms with Gasteiger partial charge < -0.3 is 14.4 Å². The first-order valence-corrected chi connectivity index (χ1v) is 5.63. The summed E-state index contributed by atoms with van der Waals surface area (Å²) in [5.41, 5.74) is 2.67. The third kappa shape index (κ3) is 2.45. The molecule has 1 saturated carbocycles. The highest BCUT2D eigenvalue weighted by atomic mass is 16.5. The van der Waals surface area contributed by atoms with Gasteiger partial charge in [-0.1, -0.05) is 0 Å². The van der Waals surface area contributed by atoms with Crippen molar-refractivity contribution in [2.24, 2.45) is 10.8 Å². The average Bonchev–Trinajstić information content (AvgIpc) is 3.03. The monoisotopic (exact) mass is 228 g/mol. The van der Waals surface area contributed by atoms with Crippen LogP contribution < -0.4 is 11.3 Å². The topological polar surface area (TPSA) is 72.1 Å². The lowest BCUT2D eigenvalue weighted by Crippen LogP contribution is -2.44. The Morgan fingerprint density at radius 2 is 1.81 bits per heavy atom. The van der Waals surface area contributed by atoms with Crippen LogP contribution in [-0.2, 0) is 9.47 Å². The number of rotatable bonds is 3. The first kappa shape index (κ1) is 11.6. The fraction of sp³-hybridized carbons (Fsp3) is 0.900. The minimum absolute atomic E-state index is 0.0859. The standard InChI is InChI=1S/C10H20N4O2/c1-15-8-5-14(6-9(8)16-2)10(13-11)12-7-3-4-7/h7-9H,3-6,11H2,1-2H3,(H,12,13). The van der Waals surface area contributed by atoms with E-state index in [0.717, 1.165) is 19.0 Å². The summed E-state index contributed by atoms with van der Waals surface area (Å²) in [6.45, 7) is 1.54. The van der Waals surface area contributed by atoms with E-state index >= 15 is 0 Å². The minimum atomic E-state index is 0.0859. The Morgan fingerprint density at radius 1 is 1.25 bits per heavy atom. The zero-order chi connectivity index (χ0) is 11.5. The molecule has 1 saturated heterocycles. The molecule has 6 nitrogen and oxygen atoms in total. The maximum absolute atomic E-state index is 5.50. The minimum Gasteiger partial charge on any atom is -0.377 e. The Bertz CT molecular complexity index is 256. The Kier molecular flexibility index (Phi) is 3.63. The van der Waals surface area contributed by atoms with E-state index < -0.39 is 0 Å². The number of hydrogen-bond acceptors (Lipinski definition) is 4. The van der Waals surface area contributed by atoms with Crippen molar-refractivity contribution in [3.63, 3.8) is 0 Å². The van der Waals surface area contributed by atoms with Gasteiger partial charge in [0, 0.05) is 27.3 Å². The maximum atomic E-state index is 5.50. The molecule has 0 aromatic carbocycles. The number of nitrogens with one attached hydrogen (secondary N) is 1. The van der Waals surface area contributed by atoms with Gasteiger partial charge in [0.15, 0.2) is 0 Å². The number of nitrogens with two attached hydrogens (primary N) is 1. The summed E-state index contributed by atoms with van der Waals surface area (Å²) in [5, 5.41) is 0. The highest BCUT2D eigenvalue weighted by Gasteiger charge is 2.35. The second-order valence-corrected chi connectivity index (χ2v) is 4.28. The number of hydrazine groups is 1. The van der Waals surface area contributed by atoms with Crippen molar-refractivity contribution in [2.75, 3.05) is 27.3 Å². The molecule has 0 radical (unpaired) electrons. The first-order valence-electron chi connectivity index (χ1n) is 5.63. The normalized spacial score (nSPS) is 30.9. The van der Waals surface area contributed by atoms with Crippen LogP contribution in [-0.4, -0.2) is 56.4 Å². The quantitative estimate of drug-likeness (QED) is 0.290. The van der Waals surface area contributed by atoms with Crippen molar-refractivity contribution in [1.29, 1.82) is 0 Å². The molecule has 3 N–H and O–H groups in total. The molecular formula is C10H20N4O2. The van der Waals surface area contributed by atoms with Crippen LogP contribution >= 0.6 is 0 Å². The Morgan fingerprint density at radius 3 is 2.19 bits per heavy atom. The molecule has 0 amide bonds. The Labute approximate surface area is 95.8 Å². The van der Waals surface area contributed by atoms with Gasteiger partial charge in [-0.15, -0.1) is 0 Å². The molecule has 2 fully saturated rings. The molecule has 2 aliphatic rings. The van der Waals surface area contributed by atoms with Gasteiger partial charge in [0.05, 0.1) is 6.04 Å². The van der Waals surface area contributed by atoms with Crippen molar-refractivity contribution in [1.82, 2.24) is 10.3 Å². The summed E-state index contributed by atoms with van der Waals surface area (Å²) in [4.78, 5) is 6.61. The molecule has 0 aromatic heterocycles.